The lowest BCUT2D eigenvalue weighted by atomic mass is 10.5. The van der Waals surface area contributed by atoms with Crippen LogP contribution in [0.15, 0.2) is 0 Å². The van der Waals surface area contributed by atoms with E-state index in [9.17, 15) is 21.9 Å². The molecule has 0 bridgehead atoms. The summed E-state index contributed by atoms with van der Waals surface area (Å²) < 4.78 is 44.3. The van der Waals surface area contributed by atoms with Crippen LogP contribution in [0.1, 0.15) is 13.3 Å². The molecule has 0 heterocycles. The SMILES string of the molecule is CCS(=O)(=O)CCS(=O)(=O)CCC[O]. The van der Waals surface area contributed by atoms with Gasteiger partial charge in [0.15, 0.2) is 19.7 Å². The van der Waals surface area contributed by atoms with Crippen molar-refractivity contribution in [1.29, 1.82) is 0 Å². The molecule has 0 aliphatic carbocycles. The third kappa shape index (κ3) is 6.33. The van der Waals surface area contributed by atoms with Crippen molar-refractivity contribution in [2.75, 3.05) is 29.6 Å². The molecule has 0 atom stereocenters. The summed E-state index contributed by atoms with van der Waals surface area (Å²) in [6, 6.07) is 0. The molecule has 7 heteroatoms. The molecule has 0 spiro atoms. The highest BCUT2D eigenvalue weighted by Crippen LogP contribution is 1.98. The molecular formula is C7H15O5S2. The van der Waals surface area contributed by atoms with Crippen LogP contribution >= 0.6 is 0 Å². The first-order chi connectivity index (χ1) is 6.33. The first-order valence-corrected chi connectivity index (χ1v) is 7.96. The van der Waals surface area contributed by atoms with Crippen LogP contribution in [0.5, 0.6) is 0 Å². The Balaban J connectivity index is 4.13. The second-order valence-corrected chi connectivity index (χ2v) is 7.72. The van der Waals surface area contributed by atoms with Crippen molar-refractivity contribution in [1.82, 2.24) is 0 Å². The van der Waals surface area contributed by atoms with Crippen LogP contribution in [0.2, 0.25) is 0 Å². The first kappa shape index (κ1) is 13.9. The van der Waals surface area contributed by atoms with Crippen LogP contribution in [0.25, 0.3) is 0 Å². The molecule has 0 aliphatic rings. The second kappa shape index (κ2) is 5.67. The predicted octanol–water partition coefficient (Wildman–Crippen LogP) is -0.343. The fourth-order valence-electron chi connectivity index (χ4n) is 0.779. The molecule has 0 fully saturated rings. The Morgan fingerprint density at radius 1 is 0.857 bits per heavy atom. The number of rotatable bonds is 7. The van der Waals surface area contributed by atoms with Gasteiger partial charge in [-0.2, -0.15) is 0 Å². The fourth-order valence-corrected chi connectivity index (χ4v) is 3.86. The summed E-state index contributed by atoms with van der Waals surface area (Å²) in [5.74, 6) is -0.978. The number of hydrogen-bond donors (Lipinski definition) is 0. The lowest BCUT2D eigenvalue weighted by molar-refractivity contribution is 0.194. The molecule has 0 aliphatic heterocycles. The zero-order valence-corrected chi connectivity index (χ0v) is 9.73. The third-order valence-electron chi connectivity index (χ3n) is 1.74. The van der Waals surface area contributed by atoms with Crippen LogP contribution in [-0.2, 0) is 24.8 Å². The minimum Gasteiger partial charge on any atom is -0.237 e. The minimum atomic E-state index is -3.37. The summed E-state index contributed by atoms with van der Waals surface area (Å²) in [6.45, 7) is 1.03. The van der Waals surface area contributed by atoms with Gasteiger partial charge in [-0.25, -0.2) is 21.9 Å². The molecule has 0 unspecified atom stereocenters. The van der Waals surface area contributed by atoms with E-state index in [1.807, 2.05) is 0 Å². The maximum atomic E-state index is 11.1. The van der Waals surface area contributed by atoms with Gasteiger partial charge in [-0.05, 0) is 6.42 Å². The normalized spacial score (nSPS) is 13.0. The van der Waals surface area contributed by atoms with Crippen LogP contribution in [0.4, 0.5) is 0 Å². The summed E-state index contributed by atoms with van der Waals surface area (Å²) in [5, 5.41) is 10.1. The molecule has 0 N–H and O–H groups in total. The van der Waals surface area contributed by atoms with Gasteiger partial charge in [0.2, 0.25) is 0 Å². The molecule has 0 aromatic carbocycles. The van der Waals surface area contributed by atoms with E-state index in [2.05, 4.69) is 0 Å². The number of sulfone groups is 2. The second-order valence-electron chi connectivity index (χ2n) is 2.95. The fraction of sp³-hybridized carbons (Fsp3) is 1.00. The Morgan fingerprint density at radius 3 is 1.79 bits per heavy atom. The predicted molar refractivity (Wildman–Crippen MR) is 53.2 cm³/mol. The van der Waals surface area contributed by atoms with Crippen LogP contribution in [-0.4, -0.2) is 46.5 Å². The van der Waals surface area contributed by atoms with E-state index in [1.165, 1.54) is 6.92 Å². The van der Waals surface area contributed by atoms with E-state index in [4.69, 9.17) is 0 Å². The molecule has 0 saturated carbocycles. The maximum Gasteiger partial charge on any atom is 0.151 e. The molecule has 0 aromatic rings. The lowest BCUT2D eigenvalue weighted by Gasteiger charge is -2.02. The van der Waals surface area contributed by atoms with Gasteiger partial charge in [-0.15, -0.1) is 0 Å². The largest absolute Gasteiger partial charge is 0.237 e. The zero-order valence-electron chi connectivity index (χ0n) is 8.10. The highest BCUT2D eigenvalue weighted by atomic mass is 32.2. The molecule has 0 aromatic heterocycles. The van der Waals surface area contributed by atoms with Crippen molar-refractivity contribution in [2.45, 2.75) is 13.3 Å². The minimum absolute atomic E-state index is 0.0501. The average molecular weight is 243 g/mol. The smallest absolute Gasteiger partial charge is 0.151 e. The quantitative estimate of drug-likeness (QED) is 0.611. The highest BCUT2D eigenvalue weighted by molar-refractivity contribution is 7.95. The van der Waals surface area contributed by atoms with Gasteiger partial charge >= 0.3 is 0 Å². The first-order valence-electron chi connectivity index (χ1n) is 4.32. The summed E-state index contributed by atoms with van der Waals surface area (Å²) >= 11 is 0. The summed E-state index contributed by atoms with van der Waals surface area (Å²) in [6.07, 6.45) is 0.0501. The third-order valence-corrected chi connectivity index (χ3v) is 5.45. The van der Waals surface area contributed by atoms with Gasteiger partial charge in [-0.3, -0.25) is 0 Å². The van der Waals surface area contributed by atoms with Gasteiger partial charge in [0.05, 0.1) is 23.9 Å². The number of hydrogen-bond acceptors (Lipinski definition) is 4. The van der Waals surface area contributed by atoms with E-state index >= 15 is 0 Å². The van der Waals surface area contributed by atoms with Crippen molar-refractivity contribution >= 4 is 19.7 Å². The molecular weight excluding hydrogens is 228 g/mol. The van der Waals surface area contributed by atoms with Gasteiger partial charge < -0.3 is 0 Å². The van der Waals surface area contributed by atoms with Crippen LogP contribution in [0.3, 0.4) is 0 Å². The average Bonchev–Trinajstić information content (AvgIpc) is 2.12. The summed E-state index contributed by atoms with van der Waals surface area (Å²) in [7, 11) is -6.60. The summed E-state index contributed by atoms with van der Waals surface area (Å²) in [5.41, 5.74) is 0. The van der Waals surface area contributed by atoms with Crippen molar-refractivity contribution in [3.63, 3.8) is 0 Å². The maximum absolute atomic E-state index is 11.1. The van der Waals surface area contributed by atoms with Crippen molar-refractivity contribution in [3.8, 4) is 0 Å². The monoisotopic (exact) mass is 243 g/mol. The van der Waals surface area contributed by atoms with Gasteiger partial charge in [0, 0.05) is 5.75 Å². The van der Waals surface area contributed by atoms with E-state index in [-0.39, 0.29) is 29.4 Å². The lowest BCUT2D eigenvalue weighted by Crippen LogP contribution is -2.21. The Labute approximate surface area is 85.0 Å². The Bertz CT molecular complexity index is 340. The topological polar surface area (TPSA) is 88.2 Å². The van der Waals surface area contributed by atoms with Gasteiger partial charge in [0.25, 0.3) is 0 Å². The van der Waals surface area contributed by atoms with Crippen molar-refractivity contribution < 1.29 is 21.9 Å². The van der Waals surface area contributed by atoms with Crippen molar-refractivity contribution in [2.24, 2.45) is 0 Å². The molecule has 0 saturated heterocycles. The molecule has 1 radical (unpaired) electrons. The Hall–Kier alpha value is -0.140. The van der Waals surface area contributed by atoms with E-state index < -0.39 is 26.3 Å². The molecule has 0 amide bonds. The van der Waals surface area contributed by atoms with Crippen LogP contribution < -0.4 is 0 Å². The zero-order chi connectivity index (χ0) is 11.2. The Morgan fingerprint density at radius 2 is 1.36 bits per heavy atom. The molecule has 5 nitrogen and oxygen atoms in total. The molecule has 85 valence electrons. The molecule has 0 rings (SSSR count). The standard InChI is InChI=1S/C7H15O5S2/c1-2-13(9,10)6-7-14(11,12)5-3-4-8/h2-7H2,1H3. The van der Waals surface area contributed by atoms with E-state index in [0.29, 0.717) is 0 Å². The van der Waals surface area contributed by atoms with E-state index in [1.54, 1.807) is 0 Å². The van der Waals surface area contributed by atoms with Crippen LogP contribution in [0, 0.1) is 0 Å². The van der Waals surface area contributed by atoms with Gasteiger partial charge in [-0.1, -0.05) is 6.92 Å². The van der Waals surface area contributed by atoms with Crippen molar-refractivity contribution in [3.05, 3.63) is 0 Å². The molecule has 14 heavy (non-hydrogen) atoms. The van der Waals surface area contributed by atoms with E-state index in [0.717, 1.165) is 0 Å². The van der Waals surface area contributed by atoms with Gasteiger partial charge in [0.1, 0.15) is 0 Å². The summed E-state index contributed by atoms with van der Waals surface area (Å²) in [4.78, 5) is 0. The Kier molecular flexibility index (Phi) is 5.61. The highest BCUT2D eigenvalue weighted by Gasteiger charge is 2.15.